The molecule has 1 atom stereocenters. The van der Waals surface area contributed by atoms with Crippen LogP contribution in [0.3, 0.4) is 0 Å². The van der Waals surface area contributed by atoms with Crippen LogP contribution in [0.4, 0.5) is 5.69 Å². The van der Waals surface area contributed by atoms with Crippen molar-refractivity contribution in [2.75, 3.05) is 18.1 Å². The zero-order chi connectivity index (χ0) is 22.3. The molecule has 162 valence electrons. The smallest absolute Gasteiger partial charge is 0.264 e. The van der Waals surface area contributed by atoms with Crippen molar-refractivity contribution in [1.29, 1.82) is 0 Å². The molecule has 6 heteroatoms. The van der Waals surface area contributed by atoms with Gasteiger partial charge in [0.05, 0.1) is 18.7 Å². The summed E-state index contributed by atoms with van der Waals surface area (Å²) in [6.07, 6.45) is -0.354. The van der Waals surface area contributed by atoms with Gasteiger partial charge in [0.2, 0.25) is 0 Å². The molecule has 32 heavy (non-hydrogen) atoms. The molecule has 0 radical (unpaired) electrons. The zero-order valence-electron chi connectivity index (χ0n) is 17.7. The van der Waals surface area contributed by atoms with Gasteiger partial charge in [0.15, 0.2) is 22.9 Å². The molecule has 0 spiro atoms. The second-order valence-corrected chi connectivity index (χ2v) is 8.22. The molecule has 3 aromatic carbocycles. The maximum absolute atomic E-state index is 13.5. The normalized spacial score (nSPS) is 19.1. The molecule has 0 saturated heterocycles. The third kappa shape index (κ3) is 3.42. The van der Waals surface area contributed by atoms with Crippen LogP contribution in [0.15, 0.2) is 66.7 Å². The minimum Gasteiger partial charge on any atom is -0.486 e. The van der Waals surface area contributed by atoms with E-state index in [2.05, 4.69) is 0 Å². The highest BCUT2D eigenvalue weighted by Crippen LogP contribution is 2.44. The van der Waals surface area contributed by atoms with Gasteiger partial charge in [-0.15, -0.1) is 0 Å². The fourth-order valence-corrected chi connectivity index (χ4v) is 4.38. The number of rotatable bonds is 5. The number of aliphatic hydroxyl groups is 1. The first-order chi connectivity index (χ1) is 15.5. The maximum Gasteiger partial charge on any atom is 0.264 e. The van der Waals surface area contributed by atoms with Crippen molar-refractivity contribution >= 4 is 17.4 Å². The Morgan fingerprint density at radius 1 is 1.00 bits per heavy atom. The van der Waals surface area contributed by atoms with Crippen LogP contribution >= 0.6 is 0 Å². The molecule has 0 bridgehead atoms. The van der Waals surface area contributed by atoms with Crippen molar-refractivity contribution in [2.45, 2.75) is 25.5 Å². The summed E-state index contributed by atoms with van der Waals surface area (Å²) in [6.45, 7) is 3.18. The number of amides is 1. The molecular formula is C26H23NO5. The van der Waals surface area contributed by atoms with Crippen LogP contribution < -0.4 is 14.4 Å². The number of hydrogen-bond donors (Lipinski definition) is 1. The molecule has 5 rings (SSSR count). The van der Waals surface area contributed by atoms with Crippen LogP contribution in [0.25, 0.3) is 0 Å². The van der Waals surface area contributed by atoms with Gasteiger partial charge in [0.25, 0.3) is 5.91 Å². The van der Waals surface area contributed by atoms with Crippen molar-refractivity contribution < 1.29 is 24.2 Å². The first-order valence-corrected chi connectivity index (χ1v) is 10.6. The third-order valence-corrected chi connectivity index (χ3v) is 5.94. The van der Waals surface area contributed by atoms with Gasteiger partial charge in [-0.2, -0.15) is 0 Å². The summed E-state index contributed by atoms with van der Waals surface area (Å²) in [4.78, 5) is 28.1. The van der Waals surface area contributed by atoms with E-state index in [0.717, 1.165) is 11.1 Å². The van der Waals surface area contributed by atoms with E-state index in [4.69, 9.17) is 9.47 Å². The average molecular weight is 429 g/mol. The number of aryl methyl sites for hydroxylation is 1. The van der Waals surface area contributed by atoms with Crippen LogP contribution in [0.5, 0.6) is 11.5 Å². The van der Waals surface area contributed by atoms with Crippen LogP contribution in [-0.4, -0.2) is 30.0 Å². The Morgan fingerprint density at radius 2 is 1.78 bits per heavy atom. The molecule has 2 aliphatic rings. The van der Waals surface area contributed by atoms with Gasteiger partial charge in [-0.3, -0.25) is 9.59 Å². The predicted molar refractivity (Wildman–Crippen MR) is 119 cm³/mol. The molecule has 1 N–H and O–H groups in total. The Kier molecular flexibility index (Phi) is 4.94. The molecule has 0 aliphatic carbocycles. The van der Waals surface area contributed by atoms with E-state index in [1.807, 2.05) is 37.3 Å². The van der Waals surface area contributed by atoms with Crippen LogP contribution in [0.2, 0.25) is 0 Å². The molecule has 6 nitrogen and oxygen atoms in total. The molecule has 2 aliphatic heterocycles. The van der Waals surface area contributed by atoms with Crippen molar-refractivity contribution in [1.82, 2.24) is 0 Å². The van der Waals surface area contributed by atoms with E-state index in [-0.39, 0.29) is 12.2 Å². The number of carbonyl (C=O) groups excluding carboxylic acids is 2. The van der Waals surface area contributed by atoms with E-state index in [1.54, 1.807) is 41.3 Å². The van der Waals surface area contributed by atoms with Crippen LogP contribution in [0.1, 0.15) is 33.5 Å². The SMILES string of the molecule is Cc1cccc(CN2C(=O)[C@](O)(CC(=O)c3ccc4c(c3)OCCO4)c3ccccc32)c1. The summed E-state index contributed by atoms with van der Waals surface area (Å²) in [5.41, 5.74) is 1.55. The second kappa shape index (κ2) is 7.80. The molecule has 1 amide bonds. The lowest BCUT2D eigenvalue weighted by Gasteiger charge is -2.23. The molecule has 0 saturated carbocycles. The van der Waals surface area contributed by atoms with Gasteiger partial charge in [-0.05, 0) is 36.8 Å². The Morgan fingerprint density at radius 3 is 2.59 bits per heavy atom. The summed E-state index contributed by atoms with van der Waals surface area (Å²) in [5.74, 6) is 0.238. The monoisotopic (exact) mass is 429 g/mol. The minimum absolute atomic E-state index is 0.318. The van der Waals surface area contributed by atoms with E-state index < -0.39 is 11.5 Å². The number of hydrogen-bond acceptors (Lipinski definition) is 5. The predicted octanol–water partition coefficient (Wildman–Crippen LogP) is 3.77. The number of benzene rings is 3. The lowest BCUT2D eigenvalue weighted by atomic mass is 9.88. The van der Waals surface area contributed by atoms with Gasteiger partial charge in [0, 0.05) is 11.1 Å². The fourth-order valence-electron chi connectivity index (χ4n) is 4.38. The number of ether oxygens (including phenoxy) is 2. The summed E-state index contributed by atoms with van der Waals surface area (Å²) in [5, 5.41) is 11.5. The number of fused-ring (bicyclic) bond motifs is 2. The first-order valence-electron chi connectivity index (χ1n) is 10.6. The first kappa shape index (κ1) is 20.3. The molecule has 0 fully saturated rings. The summed E-state index contributed by atoms with van der Waals surface area (Å²) < 4.78 is 11.1. The fraction of sp³-hybridized carbons (Fsp3) is 0.231. The Bertz CT molecular complexity index is 1220. The molecule has 0 unspecified atom stereocenters. The Hall–Kier alpha value is -3.64. The number of anilines is 1. The number of Topliss-reactive ketones (excluding diaryl/α,β-unsaturated/α-hetero) is 1. The summed E-state index contributed by atoms with van der Waals surface area (Å²) in [6, 6.07) is 19.9. The van der Waals surface area contributed by atoms with Crippen molar-refractivity contribution in [2.24, 2.45) is 0 Å². The van der Waals surface area contributed by atoms with E-state index >= 15 is 0 Å². The van der Waals surface area contributed by atoms with Crippen molar-refractivity contribution in [3.05, 3.63) is 89.0 Å². The van der Waals surface area contributed by atoms with Crippen LogP contribution in [-0.2, 0) is 16.9 Å². The van der Waals surface area contributed by atoms with Crippen molar-refractivity contribution in [3.8, 4) is 11.5 Å². The van der Waals surface area contributed by atoms with Gasteiger partial charge in [0.1, 0.15) is 13.2 Å². The standard InChI is InChI=1S/C26H23NO5/c1-17-5-4-6-18(13-17)16-27-21-8-3-2-7-20(21)26(30,25(27)29)15-22(28)19-9-10-23-24(14-19)32-12-11-31-23/h2-10,13-14,30H,11-12,15-16H2,1H3/t26-/m0/s1. The molecule has 0 aromatic heterocycles. The van der Waals surface area contributed by atoms with Crippen molar-refractivity contribution in [3.63, 3.8) is 0 Å². The summed E-state index contributed by atoms with van der Waals surface area (Å²) in [7, 11) is 0. The number of para-hydroxylation sites is 1. The molecule has 2 heterocycles. The molecular weight excluding hydrogens is 406 g/mol. The quantitative estimate of drug-likeness (QED) is 0.625. The van der Waals surface area contributed by atoms with Gasteiger partial charge >= 0.3 is 0 Å². The third-order valence-electron chi connectivity index (χ3n) is 5.94. The highest BCUT2D eigenvalue weighted by molar-refractivity contribution is 6.10. The van der Waals surface area contributed by atoms with E-state index in [0.29, 0.717) is 48.1 Å². The lowest BCUT2D eigenvalue weighted by molar-refractivity contribution is -0.136. The van der Waals surface area contributed by atoms with E-state index in [1.165, 1.54) is 0 Å². The van der Waals surface area contributed by atoms with Gasteiger partial charge in [-0.1, -0.05) is 48.0 Å². The molecule has 3 aromatic rings. The maximum atomic E-state index is 13.5. The minimum atomic E-state index is -1.93. The summed E-state index contributed by atoms with van der Waals surface area (Å²) >= 11 is 0. The number of nitrogens with zero attached hydrogens (tertiary/aromatic N) is 1. The highest BCUT2D eigenvalue weighted by Gasteiger charge is 2.50. The highest BCUT2D eigenvalue weighted by atomic mass is 16.6. The Balaban J connectivity index is 1.45. The average Bonchev–Trinajstić information content (AvgIpc) is 3.01. The Labute approximate surface area is 186 Å². The number of ketones is 1. The topological polar surface area (TPSA) is 76.1 Å². The van der Waals surface area contributed by atoms with Crippen LogP contribution in [0, 0.1) is 6.92 Å². The van der Waals surface area contributed by atoms with Gasteiger partial charge < -0.3 is 19.5 Å². The zero-order valence-corrected chi connectivity index (χ0v) is 17.7. The number of carbonyl (C=O) groups is 2. The second-order valence-electron chi connectivity index (χ2n) is 8.22. The lowest BCUT2D eigenvalue weighted by Crippen LogP contribution is -2.41. The van der Waals surface area contributed by atoms with E-state index in [9.17, 15) is 14.7 Å². The van der Waals surface area contributed by atoms with Gasteiger partial charge in [-0.25, -0.2) is 0 Å². The largest absolute Gasteiger partial charge is 0.486 e.